The molecule has 5 heteroatoms. The number of Topliss-reactive ketones (excluding diaryl/α,β-unsaturated/α-hetero) is 2. The molecule has 0 aliphatic rings. The van der Waals surface area contributed by atoms with Gasteiger partial charge in [0.25, 0.3) is 0 Å². The maximum absolute atomic E-state index is 9.44. The van der Waals surface area contributed by atoms with Crippen LogP contribution in [-0.4, -0.2) is 30.4 Å². The first-order valence-electron chi connectivity index (χ1n) is 9.85. The van der Waals surface area contributed by atoms with Crippen LogP contribution in [0, 0.1) is 0 Å². The van der Waals surface area contributed by atoms with Gasteiger partial charge in [0.2, 0.25) is 0 Å². The Bertz CT molecular complexity index is 155. The number of carbonyl (C=O) groups is 5. The Morgan fingerprint density at radius 2 is 0.407 bits per heavy atom. The Morgan fingerprint density at radius 3 is 0.407 bits per heavy atom. The minimum Gasteiger partial charge on any atom is -0.304 e. The number of ketones is 2. The maximum atomic E-state index is 9.44. The quantitative estimate of drug-likeness (QED) is 0.412. The first kappa shape index (κ1) is 63.8. The molecule has 5 nitrogen and oxygen atoms in total. The highest BCUT2D eigenvalue weighted by molar-refractivity contribution is 5.72. The summed E-state index contributed by atoms with van der Waals surface area (Å²) in [6.07, 6.45) is 2.25. The molecule has 0 unspecified atom stereocenters. The number of carbonyl (C=O) groups excluding carboxylic acids is 5. The lowest BCUT2D eigenvalue weighted by atomic mass is 10.6. The lowest BCUT2D eigenvalue weighted by Gasteiger charge is -1.56. The minimum absolute atomic E-state index is 0.167. The molecule has 0 aromatic carbocycles. The van der Waals surface area contributed by atoms with E-state index in [-0.39, 0.29) is 11.6 Å². The van der Waals surface area contributed by atoms with Gasteiger partial charge in [0.1, 0.15) is 30.4 Å². The van der Waals surface area contributed by atoms with Crippen LogP contribution in [0.3, 0.4) is 0 Å². The third-order valence-electron chi connectivity index (χ3n) is 0. The molecule has 0 heterocycles. The van der Waals surface area contributed by atoms with Crippen molar-refractivity contribution in [2.75, 3.05) is 0 Å². The zero-order valence-electron chi connectivity index (χ0n) is 21.8. The standard InChI is InChI=1S/2C3H6O.3C2H4O.5C2H6/c2*1-3(2)4;3*1-2-3;5*1-2/h2*1-2H3;3*2H,1H3;5*1-2H3. The largest absolute Gasteiger partial charge is 0.304 e. The second kappa shape index (κ2) is 246. The van der Waals surface area contributed by atoms with Gasteiger partial charge in [0.05, 0.1) is 0 Å². The predicted octanol–water partition coefficient (Wildman–Crippen LogP) is 6.94. The average Bonchev–Trinajstić information content (AvgIpc) is 2.64. The van der Waals surface area contributed by atoms with Crippen molar-refractivity contribution in [2.24, 2.45) is 0 Å². The SMILES string of the molecule is CC.CC.CC.CC.CC.CC(C)=O.CC(C)=O.CC=O.CC=O.CC=O. The molecule has 0 aromatic rings. The van der Waals surface area contributed by atoms with Gasteiger partial charge < -0.3 is 24.0 Å². The number of aldehydes is 3. The minimum atomic E-state index is 0.167. The molecule has 27 heavy (non-hydrogen) atoms. The Morgan fingerprint density at radius 1 is 0.407 bits per heavy atom. The Balaban J connectivity index is -0.0000000151. The van der Waals surface area contributed by atoms with Crippen LogP contribution in [0.15, 0.2) is 0 Å². The van der Waals surface area contributed by atoms with E-state index in [4.69, 9.17) is 14.4 Å². The van der Waals surface area contributed by atoms with Gasteiger partial charge in [-0.1, -0.05) is 69.2 Å². The fourth-order valence-corrected chi connectivity index (χ4v) is 0. The van der Waals surface area contributed by atoms with Crippen molar-refractivity contribution in [1.82, 2.24) is 0 Å². The van der Waals surface area contributed by atoms with Crippen LogP contribution in [-0.2, 0) is 24.0 Å². The van der Waals surface area contributed by atoms with Crippen LogP contribution in [0.4, 0.5) is 0 Å². The van der Waals surface area contributed by atoms with Crippen molar-refractivity contribution in [3.05, 3.63) is 0 Å². The van der Waals surface area contributed by atoms with Crippen LogP contribution in [0.1, 0.15) is 118 Å². The Kier molecular flexibility index (Phi) is 581. The van der Waals surface area contributed by atoms with Crippen molar-refractivity contribution in [2.45, 2.75) is 118 Å². The van der Waals surface area contributed by atoms with E-state index < -0.39 is 0 Å². The maximum Gasteiger partial charge on any atom is 0.126 e. The highest BCUT2D eigenvalue weighted by Gasteiger charge is 1.62. The van der Waals surface area contributed by atoms with Gasteiger partial charge in [0.15, 0.2) is 0 Å². The summed E-state index contributed by atoms with van der Waals surface area (Å²) < 4.78 is 0. The second-order valence-electron chi connectivity index (χ2n) is 2.52. The van der Waals surface area contributed by atoms with Crippen molar-refractivity contribution in [3.8, 4) is 0 Å². The summed E-state index contributed by atoms with van der Waals surface area (Å²) in [7, 11) is 0. The average molecular weight is 399 g/mol. The van der Waals surface area contributed by atoms with Gasteiger partial charge in [-0.05, 0) is 48.5 Å². The van der Waals surface area contributed by atoms with E-state index in [2.05, 4.69) is 0 Å². The van der Waals surface area contributed by atoms with Gasteiger partial charge in [-0.3, -0.25) is 0 Å². The van der Waals surface area contributed by atoms with E-state index in [1.807, 2.05) is 69.2 Å². The highest BCUT2D eigenvalue weighted by atomic mass is 16.1. The molecule has 0 saturated heterocycles. The van der Waals surface area contributed by atoms with Gasteiger partial charge in [-0.2, -0.15) is 0 Å². The molecule has 0 aliphatic carbocycles. The van der Waals surface area contributed by atoms with Gasteiger partial charge >= 0.3 is 0 Å². The van der Waals surface area contributed by atoms with E-state index in [1.54, 1.807) is 0 Å². The summed E-state index contributed by atoms with van der Waals surface area (Å²) >= 11 is 0. The third kappa shape index (κ3) is 4470. The normalized spacial score (nSPS) is 4.48. The lowest BCUT2D eigenvalue weighted by molar-refractivity contribution is -0.115. The molecule has 0 fully saturated rings. The van der Waals surface area contributed by atoms with E-state index in [1.165, 1.54) is 48.5 Å². The molecule has 0 rings (SSSR count). The molecule has 0 radical (unpaired) electrons. The van der Waals surface area contributed by atoms with Crippen LogP contribution in [0.5, 0.6) is 0 Å². The number of hydrogen-bond donors (Lipinski definition) is 0. The molecule has 0 atom stereocenters. The Labute approximate surface area is 172 Å². The van der Waals surface area contributed by atoms with Gasteiger partial charge in [-0.15, -0.1) is 0 Å². The molecule has 0 bridgehead atoms. The zero-order chi connectivity index (χ0) is 25.3. The van der Waals surface area contributed by atoms with E-state index in [0.29, 0.717) is 0 Å². The van der Waals surface area contributed by atoms with Crippen LogP contribution in [0.25, 0.3) is 0 Å². The molecule has 172 valence electrons. The predicted molar refractivity (Wildman–Crippen MR) is 125 cm³/mol. The van der Waals surface area contributed by atoms with Gasteiger partial charge in [-0.25, -0.2) is 0 Å². The second-order valence-corrected chi connectivity index (χ2v) is 2.52. The molecule has 0 saturated carbocycles. The zero-order valence-corrected chi connectivity index (χ0v) is 21.8. The fourth-order valence-electron chi connectivity index (χ4n) is 0. The molecule has 0 amide bonds. The molecule has 0 N–H and O–H groups in total. The third-order valence-corrected chi connectivity index (χ3v) is 0. The van der Waals surface area contributed by atoms with Crippen molar-refractivity contribution in [1.29, 1.82) is 0 Å². The topological polar surface area (TPSA) is 85.3 Å². The van der Waals surface area contributed by atoms with Crippen molar-refractivity contribution < 1.29 is 24.0 Å². The number of hydrogen-bond acceptors (Lipinski definition) is 5. The monoisotopic (exact) mass is 398 g/mol. The molecular weight excluding hydrogens is 344 g/mol. The smallest absolute Gasteiger partial charge is 0.126 e. The first-order chi connectivity index (χ1) is 12.7. The van der Waals surface area contributed by atoms with Crippen molar-refractivity contribution in [3.63, 3.8) is 0 Å². The lowest BCUT2D eigenvalue weighted by Crippen LogP contribution is -1.69. The van der Waals surface area contributed by atoms with Gasteiger partial charge in [0, 0.05) is 0 Å². The fraction of sp³-hybridized carbons (Fsp3) is 0.773. The van der Waals surface area contributed by atoms with E-state index in [0.717, 1.165) is 18.9 Å². The van der Waals surface area contributed by atoms with Crippen LogP contribution in [0.2, 0.25) is 0 Å². The summed E-state index contributed by atoms with van der Waals surface area (Å²) in [5.74, 6) is 0.333. The van der Waals surface area contributed by atoms with E-state index >= 15 is 0 Å². The molecule has 0 spiro atoms. The number of rotatable bonds is 0. The van der Waals surface area contributed by atoms with E-state index in [9.17, 15) is 9.59 Å². The summed E-state index contributed by atoms with van der Waals surface area (Å²) in [6, 6.07) is 0. The first-order valence-corrected chi connectivity index (χ1v) is 9.85. The van der Waals surface area contributed by atoms with Crippen LogP contribution < -0.4 is 0 Å². The summed E-state index contributed by atoms with van der Waals surface area (Å²) in [4.78, 5) is 45.3. The highest BCUT2D eigenvalue weighted by Crippen LogP contribution is 1.50. The molecular formula is C22H54O5. The summed E-state index contributed by atoms with van der Waals surface area (Å²) in [5, 5.41) is 0. The van der Waals surface area contributed by atoms with Crippen molar-refractivity contribution >= 4 is 30.4 Å². The van der Waals surface area contributed by atoms with Crippen LogP contribution >= 0.6 is 0 Å². The summed E-state index contributed by atoms with van der Waals surface area (Å²) in [5.41, 5.74) is 0. The molecule has 0 aromatic heterocycles. The Hall–Kier alpha value is -1.65. The summed E-state index contributed by atoms with van der Waals surface area (Å²) in [6.45, 7) is 30.4. The molecule has 0 aliphatic heterocycles.